The Bertz CT molecular complexity index is 1190. The van der Waals surface area contributed by atoms with Gasteiger partial charge in [0.15, 0.2) is 0 Å². The molecule has 0 atom stereocenters. The monoisotopic (exact) mass is 450 g/mol. The van der Waals surface area contributed by atoms with Crippen LogP contribution in [0.3, 0.4) is 0 Å². The lowest BCUT2D eigenvalue weighted by Crippen LogP contribution is -2.15. The predicted molar refractivity (Wildman–Crippen MR) is 114 cm³/mol. The second-order valence-corrected chi connectivity index (χ2v) is 9.13. The largest absolute Gasteiger partial charge is 0.0616 e. The van der Waals surface area contributed by atoms with Crippen molar-refractivity contribution in [2.45, 2.75) is 19.3 Å². The fourth-order valence-electron chi connectivity index (χ4n) is 4.48. The van der Waals surface area contributed by atoms with E-state index in [4.69, 9.17) is 0 Å². The van der Waals surface area contributed by atoms with Gasteiger partial charge in [-0.15, -0.1) is 0 Å². The fraction of sp³-hybridized carbons (Fsp3) is 0.130. The van der Waals surface area contributed by atoms with Crippen molar-refractivity contribution in [3.05, 3.63) is 80.7 Å². The van der Waals surface area contributed by atoms with Crippen molar-refractivity contribution >= 4 is 53.4 Å². The summed E-state index contributed by atoms with van der Waals surface area (Å²) in [5.74, 6) is 0. The molecule has 1 aliphatic rings. The van der Waals surface area contributed by atoms with E-state index in [1.54, 1.807) is 0 Å². The highest BCUT2D eigenvalue weighted by Gasteiger charge is 2.38. The molecule has 0 aromatic heterocycles. The van der Waals surface area contributed by atoms with Gasteiger partial charge in [-0.05, 0) is 68.1 Å². The molecule has 5 rings (SSSR count). The zero-order valence-corrected chi connectivity index (χ0v) is 17.2. The van der Waals surface area contributed by atoms with E-state index in [0.29, 0.717) is 0 Å². The smallest absolute Gasteiger partial charge is 0.0181 e. The van der Waals surface area contributed by atoms with E-state index < -0.39 is 0 Å². The lowest BCUT2D eigenvalue weighted by atomic mass is 9.79. The Balaban J connectivity index is 2.09. The third-order valence-electron chi connectivity index (χ3n) is 5.54. The number of rotatable bonds is 0. The summed E-state index contributed by atoms with van der Waals surface area (Å²) in [7, 11) is 0. The Morgan fingerprint density at radius 2 is 1.36 bits per heavy atom. The summed E-state index contributed by atoms with van der Waals surface area (Å²) in [4.78, 5) is 0. The first-order valence-electron chi connectivity index (χ1n) is 8.43. The van der Waals surface area contributed by atoms with E-state index >= 15 is 0 Å². The molecule has 0 saturated carbocycles. The molecular formula is C23H16Br2. The first kappa shape index (κ1) is 15.6. The van der Waals surface area contributed by atoms with Crippen LogP contribution in [0.5, 0.6) is 0 Å². The number of benzene rings is 4. The summed E-state index contributed by atoms with van der Waals surface area (Å²) in [6.45, 7) is 4.70. The number of halogens is 2. The molecule has 0 aliphatic heterocycles. The average molecular weight is 452 g/mol. The zero-order chi connectivity index (χ0) is 17.3. The Morgan fingerprint density at radius 3 is 2.16 bits per heavy atom. The van der Waals surface area contributed by atoms with Gasteiger partial charge < -0.3 is 0 Å². The van der Waals surface area contributed by atoms with Crippen molar-refractivity contribution in [3.8, 4) is 11.1 Å². The molecule has 0 amide bonds. The molecule has 122 valence electrons. The van der Waals surface area contributed by atoms with E-state index in [9.17, 15) is 0 Å². The SMILES string of the molecule is CC1(C)c2cc(Br)ccc2-c2c1c1ccc(Br)cc1c1ccccc21. The van der Waals surface area contributed by atoms with Gasteiger partial charge in [0.25, 0.3) is 0 Å². The van der Waals surface area contributed by atoms with Gasteiger partial charge in [-0.25, -0.2) is 0 Å². The maximum Gasteiger partial charge on any atom is 0.0181 e. The maximum atomic E-state index is 3.66. The molecular weight excluding hydrogens is 436 g/mol. The first-order valence-corrected chi connectivity index (χ1v) is 10.0. The summed E-state index contributed by atoms with van der Waals surface area (Å²) < 4.78 is 2.27. The van der Waals surface area contributed by atoms with Crippen molar-refractivity contribution in [2.24, 2.45) is 0 Å². The Hall–Kier alpha value is -1.64. The van der Waals surface area contributed by atoms with Crippen LogP contribution < -0.4 is 0 Å². The standard InChI is InChI=1S/C23H16Br2/c1-23(2)20-12-14(25)8-10-18(20)21-16-6-4-3-5-15(16)19-11-13(24)7-9-17(19)22(21)23/h3-12H,1-2H3. The summed E-state index contributed by atoms with van der Waals surface area (Å²) >= 11 is 7.32. The topological polar surface area (TPSA) is 0 Å². The molecule has 4 aromatic carbocycles. The molecule has 0 nitrogen and oxygen atoms in total. The fourth-order valence-corrected chi connectivity index (χ4v) is 5.20. The minimum absolute atomic E-state index is 0.0233. The molecule has 25 heavy (non-hydrogen) atoms. The highest BCUT2D eigenvalue weighted by Crippen LogP contribution is 2.55. The molecule has 2 heteroatoms. The second-order valence-electron chi connectivity index (χ2n) is 7.30. The van der Waals surface area contributed by atoms with Gasteiger partial charge in [0.1, 0.15) is 0 Å². The average Bonchev–Trinajstić information content (AvgIpc) is 2.83. The Labute approximate surface area is 164 Å². The highest BCUT2D eigenvalue weighted by atomic mass is 79.9. The van der Waals surface area contributed by atoms with Crippen molar-refractivity contribution < 1.29 is 0 Å². The molecule has 0 spiro atoms. The van der Waals surface area contributed by atoms with Crippen LogP contribution in [0.2, 0.25) is 0 Å². The molecule has 0 bridgehead atoms. The van der Waals surface area contributed by atoms with Crippen molar-refractivity contribution in [1.29, 1.82) is 0 Å². The van der Waals surface area contributed by atoms with Crippen LogP contribution in [-0.4, -0.2) is 0 Å². The third kappa shape index (κ3) is 2.04. The van der Waals surface area contributed by atoms with Gasteiger partial charge in [-0.1, -0.05) is 82.1 Å². The summed E-state index contributed by atoms with van der Waals surface area (Å²) in [5, 5.41) is 5.35. The second kappa shape index (κ2) is 5.18. The molecule has 0 N–H and O–H groups in total. The van der Waals surface area contributed by atoms with E-state index in [1.807, 2.05) is 0 Å². The lowest BCUT2D eigenvalue weighted by Gasteiger charge is -2.24. The van der Waals surface area contributed by atoms with Crippen LogP contribution in [0.25, 0.3) is 32.7 Å². The van der Waals surface area contributed by atoms with Gasteiger partial charge >= 0.3 is 0 Å². The van der Waals surface area contributed by atoms with Crippen LogP contribution in [0.1, 0.15) is 25.0 Å². The number of hydrogen-bond acceptors (Lipinski definition) is 0. The van der Waals surface area contributed by atoms with Gasteiger partial charge in [0, 0.05) is 14.4 Å². The zero-order valence-electron chi connectivity index (χ0n) is 14.0. The van der Waals surface area contributed by atoms with Gasteiger partial charge in [-0.2, -0.15) is 0 Å². The maximum absolute atomic E-state index is 3.66. The van der Waals surface area contributed by atoms with Gasteiger partial charge in [0.2, 0.25) is 0 Å². The minimum Gasteiger partial charge on any atom is -0.0616 e. The normalized spacial score (nSPS) is 14.7. The van der Waals surface area contributed by atoms with E-state index in [0.717, 1.165) is 8.95 Å². The molecule has 0 saturated heterocycles. The molecule has 0 fully saturated rings. The summed E-state index contributed by atoms with van der Waals surface area (Å²) in [6.07, 6.45) is 0. The van der Waals surface area contributed by atoms with Crippen LogP contribution in [0, 0.1) is 0 Å². The molecule has 0 unspecified atom stereocenters. The Kier molecular flexibility index (Phi) is 3.24. The minimum atomic E-state index is -0.0233. The van der Waals surface area contributed by atoms with Crippen molar-refractivity contribution in [3.63, 3.8) is 0 Å². The summed E-state index contributed by atoms with van der Waals surface area (Å²) in [6, 6.07) is 22.2. The number of hydrogen-bond donors (Lipinski definition) is 0. The highest BCUT2D eigenvalue weighted by molar-refractivity contribution is 9.10. The molecule has 1 aliphatic carbocycles. The quantitative estimate of drug-likeness (QED) is 0.239. The van der Waals surface area contributed by atoms with Gasteiger partial charge in [0.05, 0.1) is 0 Å². The predicted octanol–water partition coefficient (Wildman–Crippen LogP) is 7.82. The van der Waals surface area contributed by atoms with Crippen LogP contribution in [0.15, 0.2) is 69.6 Å². The summed E-state index contributed by atoms with van der Waals surface area (Å²) in [5.41, 5.74) is 5.59. The molecule has 0 heterocycles. The van der Waals surface area contributed by atoms with Crippen molar-refractivity contribution in [1.82, 2.24) is 0 Å². The van der Waals surface area contributed by atoms with E-state index in [2.05, 4.69) is 106 Å². The first-order chi connectivity index (χ1) is 12.0. The van der Waals surface area contributed by atoms with Crippen LogP contribution >= 0.6 is 31.9 Å². The number of fused-ring (bicyclic) bond motifs is 8. The molecule has 4 aromatic rings. The van der Waals surface area contributed by atoms with Gasteiger partial charge in [-0.3, -0.25) is 0 Å². The third-order valence-corrected chi connectivity index (χ3v) is 6.52. The van der Waals surface area contributed by atoms with Crippen LogP contribution in [-0.2, 0) is 5.41 Å². The molecule has 0 radical (unpaired) electrons. The van der Waals surface area contributed by atoms with E-state index in [1.165, 1.54) is 43.8 Å². The lowest BCUT2D eigenvalue weighted by molar-refractivity contribution is 0.666. The van der Waals surface area contributed by atoms with Crippen molar-refractivity contribution in [2.75, 3.05) is 0 Å². The van der Waals surface area contributed by atoms with Crippen LogP contribution in [0.4, 0.5) is 0 Å². The Morgan fingerprint density at radius 1 is 0.680 bits per heavy atom. The van der Waals surface area contributed by atoms with E-state index in [-0.39, 0.29) is 5.41 Å².